The van der Waals surface area contributed by atoms with E-state index >= 15 is 0 Å². The summed E-state index contributed by atoms with van der Waals surface area (Å²) in [5, 5.41) is 4.33. The van der Waals surface area contributed by atoms with E-state index in [4.69, 9.17) is 8.83 Å². The van der Waals surface area contributed by atoms with E-state index in [0.29, 0.717) is 0 Å². The highest BCUT2D eigenvalue weighted by atomic mass is 16.3. The molecule has 8 aromatic carbocycles. The van der Waals surface area contributed by atoms with Gasteiger partial charge in [-0.1, -0.05) is 140 Å². The van der Waals surface area contributed by atoms with Gasteiger partial charge < -0.3 is 13.7 Å². The van der Waals surface area contributed by atoms with Crippen LogP contribution in [0.15, 0.2) is 197 Å². The van der Waals surface area contributed by atoms with Crippen LogP contribution in [-0.2, 0) is 0 Å². The average molecular weight is 654 g/mol. The summed E-state index contributed by atoms with van der Waals surface area (Å²) in [4.78, 5) is 2.39. The molecule has 0 atom stereocenters. The van der Waals surface area contributed by atoms with E-state index in [2.05, 4.69) is 175 Å². The van der Waals surface area contributed by atoms with Gasteiger partial charge in [0.05, 0.1) is 16.8 Å². The molecule has 0 unspecified atom stereocenters. The van der Waals surface area contributed by atoms with Crippen molar-refractivity contribution in [3.63, 3.8) is 0 Å². The fourth-order valence-corrected chi connectivity index (χ4v) is 7.53. The SMILES string of the molecule is c1ccc(-c2ccc(-c3c(N(c4ccc(-c5ccccc5)cc4)c4cccc5oc6ccccc6c45)ccc4oc5ccccc5c34)cc2)cc1. The first-order valence-corrected chi connectivity index (χ1v) is 17.3. The molecule has 0 bridgehead atoms. The third-order valence-corrected chi connectivity index (χ3v) is 9.90. The number of fused-ring (bicyclic) bond motifs is 6. The lowest BCUT2D eigenvalue weighted by Gasteiger charge is -2.29. The average Bonchev–Trinajstić information content (AvgIpc) is 3.78. The Morgan fingerprint density at radius 2 is 0.765 bits per heavy atom. The Balaban J connectivity index is 1.27. The molecule has 10 rings (SSSR count). The molecular weight excluding hydrogens is 623 g/mol. The molecule has 2 heterocycles. The minimum atomic E-state index is 0.850. The van der Waals surface area contributed by atoms with Crippen LogP contribution in [-0.4, -0.2) is 0 Å². The standard InChI is InChI=1S/C48H31NO2/c1-3-12-32(13-4-1)34-22-24-36(25-23-34)46-41(30-31-45-48(46)39-17-8-10-20-43(39)51-45)49(37-28-26-35(27-29-37)33-14-5-2-6-15-33)40-18-11-21-44-47(40)38-16-7-9-19-42(38)50-44/h1-31H. The van der Waals surface area contributed by atoms with Gasteiger partial charge in [0.2, 0.25) is 0 Å². The van der Waals surface area contributed by atoms with Gasteiger partial charge in [0.1, 0.15) is 22.3 Å². The van der Waals surface area contributed by atoms with E-state index in [1.165, 1.54) is 22.3 Å². The maximum absolute atomic E-state index is 6.50. The number of para-hydroxylation sites is 2. The normalized spacial score (nSPS) is 11.5. The first-order valence-electron chi connectivity index (χ1n) is 17.3. The molecule has 0 saturated heterocycles. The van der Waals surface area contributed by atoms with Crippen molar-refractivity contribution >= 4 is 60.9 Å². The first kappa shape index (κ1) is 29.1. The first-order chi connectivity index (χ1) is 25.3. The van der Waals surface area contributed by atoms with E-state index < -0.39 is 0 Å². The van der Waals surface area contributed by atoms with Gasteiger partial charge in [-0.3, -0.25) is 0 Å². The van der Waals surface area contributed by atoms with Crippen LogP contribution in [0.25, 0.3) is 77.3 Å². The second kappa shape index (κ2) is 11.9. The zero-order chi connectivity index (χ0) is 33.7. The highest BCUT2D eigenvalue weighted by Crippen LogP contribution is 2.49. The molecule has 0 fully saturated rings. The summed E-state index contributed by atoms with van der Waals surface area (Å²) in [5.41, 5.74) is 13.5. The van der Waals surface area contributed by atoms with Gasteiger partial charge in [0.25, 0.3) is 0 Å². The zero-order valence-corrected chi connectivity index (χ0v) is 27.7. The van der Waals surface area contributed by atoms with Gasteiger partial charge in [0, 0.05) is 27.4 Å². The summed E-state index contributed by atoms with van der Waals surface area (Å²) >= 11 is 0. The lowest BCUT2D eigenvalue weighted by atomic mass is 9.94. The smallest absolute Gasteiger partial charge is 0.137 e. The topological polar surface area (TPSA) is 29.5 Å². The molecule has 0 aliphatic heterocycles. The third-order valence-electron chi connectivity index (χ3n) is 9.90. The van der Waals surface area contributed by atoms with Crippen LogP contribution in [0.5, 0.6) is 0 Å². The summed E-state index contributed by atoms with van der Waals surface area (Å²) in [6, 6.07) is 66.2. The molecular formula is C48H31NO2. The zero-order valence-electron chi connectivity index (χ0n) is 27.7. The molecule has 3 heteroatoms. The van der Waals surface area contributed by atoms with Gasteiger partial charge in [-0.25, -0.2) is 0 Å². The van der Waals surface area contributed by atoms with Gasteiger partial charge in [-0.05, 0) is 76.3 Å². The fourth-order valence-electron chi connectivity index (χ4n) is 7.53. The molecule has 0 saturated carbocycles. The Morgan fingerprint density at radius 1 is 0.294 bits per heavy atom. The van der Waals surface area contributed by atoms with Crippen molar-refractivity contribution in [2.45, 2.75) is 0 Å². The summed E-state index contributed by atoms with van der Waals surface area (Å²) in [5.74, 6) is 0. The van der Waals surface area contributed by atoms with Crippen LogP contribution in [0.3, 0.4) is 0 Å². The highest BCUT2D eigenvalue weighted by molar-refractivity contribution is 6.18. The summed E-state index contributed by atoms with van der Waals surface area (Å²) < 4.78 is 12.9. The molecule has 0 aliphatic rings. The number of benzene rings is 8. The van der Waals surface area contributed by atoms with Crippen LogP contribution in [0.4, 0.5) is 17.1 Å². The van der Waals surface area contributed by atoms with Crippen molar-refractivity contribution in [1.82, 2.24) is 0 Å². The highest BCUT2D eigenvalue weighted by Gasteiger charge is 2.25. The lowest BCUT2D eigenvalue weighted by molar-refractivity contribution is 0.668. The van der Waals surface area contributed by atoms with Crippen molar-refractivity contribution in [2.75, 3.05) is 4.90 Å². The molecule has 51 heavy (non-hydrogen) atoms. The largest absolute Gasteiger partial charge is 0.456 e. The van der Waals surface area contributed by atoms with Gasteiger partial charge in [-0.2, -0.15) is 0 Å². The van der Waals surface area contributed by atoms with E-state index in [1.54, 1.807) is 0 Å². The van der Waals surface area contributed by atoms with Gasteiger partial charge in [0.15, 0.2) is 0 Å². The quantitative estimate of drug-likeness (QED) is 0.179. The molecule has 240 valence electrons. The molecule has 0 aliphatic carbocycles. The number of furan rings is 2. The van der Waals surface area contributed by atoms with E-state index in [-0.39, 0.29) is 0 Å². The predicted octanol–water partition coefficient (Wildman–Crippen LogP) is 14.0. The number of nitrogens with zero attached hydrogens (tertiary/aromatic N) is 1. The van der Waals surface area contributed by atoms with Gasteiger partial charge >= 0.3 is 0 Å². The summed E-state index contributed by atoms with van der Waals surface area (Å²) in [6.45, 7) is 0. The Kier molecular flexibility index (Phi) is 6.81. The summed E-state index contributed by atoms with van der Waals surface area (Å²) in [7, 11) is 0. The number of rotatable bonds is 6. The molecule has 0 N–H and O–H groups in total. The molecule has 2 aromatic heterocycles. The Morgan fingerprint density at radius 3 is 1.39 bits per heavy atom. The van der Waals surface area contributed by atoms with E-state index in [1.807, 2.05) is 18.2 Å². The van der Waals surface area contributed by atoms with E-state index in [0.717, 1.165) is 72.1 Å². The van der Waals surface area contributed by atoms with Gasteiger partial charge in [-0.15, -0.1) is 0 Å². The monoisotopic (exact) mass is 653 g/mol. The molecule has 3 nitrogen and oxygen atoms in total. The summed E-state index contributed by atoms with van der Waals surface area (Å²) in [6.07, 6.45) is 0. The van der Waals surface area contributed by atoms with Crippen molar-refractivity contribution in [3.05, 3.63) is 188 Å². The lowest BCUT2D eigenvalue weighted by Crippen LogP contribution is -2.12. The van der Waals surface area contributed by atoms with Crippen LogP contribution in [0.1, 0.15) is 0 Å². The van der Waals surface area contributed by atoms with Crippen LogP contribution in [0, 0.1) is 0 Å². The molecule has 0 amide bonds. The Hall–Kier alpha value is -6.84. The van der Waals surface area contributed by atoms with Crippen molar-refractivity contribution in [2.24, 2.45) is 0 Å². The van der Waals surface area contributed by atoms with Crippen LogP contribution < -0.4 is 4.90 Å². The molecule has 0 radical (unpaired) electrons. The molecule has 10 aromatic rings. The van der Waals surface area contributed by atoms with Crippen molar-refractivity contribution in [3.8, 4) is 33.4 Å². The van der Waals surface area contributed by atoms with Crippen LogP contribution >= 0.6 is 0 Å². The van der Waals surface area contributed by atoms with Crippen molar-refractivity contribution in [1.29, 1.82) is 0 Å². The second-order valence-electron chi connectivity index (χ2n) is 12.9. The minimum Gasteiger partial charge on any atom is -0.456 e. The minimum absolute atomic E-state index is 0.850. The third kappa shape index (κ3) is 4.90. The number of hydrogen-bond donors (Lipinski definition) is 0. The number of anilines is 3. The maximum atomic E-state index is 6.50. The Bertz CT molecular complexity index is 2830. The number of hydrogen-bond acceptors (Lipinski definition) is 3. The van der Waals surface area contributed by atoms with Crippen LogP contribution in [0.2, 0.25) is 0 Å². The van der Waals surface area contributed by atoms with E-state index in [9.17, 15) is 0 Å². The Labute approximate surface area is 295 Å². The molecule has 0 spiro atoms. The van der Waals surface area contributed by atoms with Crippen molar-refractivity contribution < 1.29 is 8.83 Å². The maximum Gasteiger partial charge on any atom is 0.137 e. The predicted molar refractivity (Wildman–Crippen MR) is 212 cm³/mol. The second-order valence-corrected chi connectivity index (χ2v) is 12.9. The fraction of sp³-hybridized carbons (Fsp3) is 0.